The van der Waals surface area contributed by atoms with E-state index in [1.165, 1.54) is 29.9 Å². The van der Waals surface area contributed by atoms with Crippen LogP contribution in [0.25, 0.3) is 11.0 Å². The maximum Gasteiger partial charge on any atom is 0.333 e. The Morgan fingerprint density at radius 1 is 0.921 bits per heavy atom. The molecule has 0 unspecified atom stereocenters. The number of rotatable bonds is 4. The van der Waals surface area contributed by atoms with Crippen LogP contribution in [-0.2, 0) is 4.79 Å². The van der Waals surface area contributed by atoms with E-state index < -0.39 is 11.4 Å². The molecule has 0 aromatic carbocycles. The van der Waals surface area contributed by atoms with Gasteiger partial charge >= 0.3 is 5.69 Å². The highest BCUT2D eigenvalue weighted by Gasteiger charge is 2.54. The molecule has 7 nitrogen and oxygen atoms in total. The fourth-order valence-corrected chi connectivity index (χ4v) is 10.1. The van der Waals surface area contributed by atoms with Gasteiger partial charge in [0, 0.05) is 23.5 Å². The van der Waals surface area contributed by atoms with Crippen LogP contribution < -0.4 is 16.6 Å². The number of amides is 1. The third kappa shape index (κ3) is 4.14. The number of hydrogen-bond donors (Lipinski definition) is 1. The second-order valence-corrected chi connectivity index (χ2v) is 14.1. The highest BCUT2D eigenvalue weighted by atomic mass is 32.2. The predicted octanol–water partition coefficient (Wildman–Crippen LogP) is 4.58. The second-order valence-electron chi connectivity index (χ2n) is 12.9. The maximum absolute atomic E-state index is 14.2. The number of nitrogens with one attached hydrogen (secondary N) is 1. The third-order valence-electron chi connectivity index (χ3n) is 10.4. The van der Waals surface area contributed by atoms with Gasteiger partial charge in [-0.15, -0.1) is 0 Å². The van der Waals surface area contributed by atoms with Gasteiger partial charge in [-0.25, -0.2) is 14.2 Å². The Balaban J connectivity index is 1.12. The largest absolute Gasteiger partial charge is 0.353 e. The van der Waals surface area contributed by atoms with Crippen molar-refractivity contribution in [3.05, 3.63) is 38.9 Å². The molecule has 1 aliphatic heterocycles. The smallest absolute Gasteiger partial charge is 0.333 e. The van der Waals surface area contributed by atoms with Crippen molar-refractivity contribution in [3.8, 4) is 0 Å². The van der Waals surface area contributed by atoms with Gasteiger partial charge in [0.05, 0.1) is 11.6 Å². The first-order valence-electron chi connectivity index (χ1n) is 14.6. The first-order valence-corrected chi connectivity index (χ1v) is 15.8. The summed E-state index contributed by atoms with van der Waals surface area (Å²) in [5, 5.41) is 3.59. The lowest BCUT2D eigenvalue weighted by molar-refractivity contribution is -0.147. The van der Waals surface area contributed by atoms with Crippen LogP contribution >= 0.6 is 11.8 Å². The summed E-state index contributed by atoms with van der Waals surface area (Å²) < 4.78 is 17.2. The summed E-state index contributed by atoms with van der Waals surface area (Å²) in [4.78, 5) is 45.1. The van der Waals surface area contributed by atoms with Gasteiger partial charge in [0.2, 0.25) is 5.91 Å². The van der Waals surface area contributed by atoms with Crippen molar-refractivity contribution in [1.29, 1.82) is 0 Å². The number of pyridine rings is 1. The Morgan fingerprint density at radius 2 is 1.53 bits per heavy atom. The monoisotopic (exact) mass is 540 g/mol. The van der Waals surface area contributed by atoms with Crippen molar-refractivity contribution in [1.82, 2.24) is 19.4 Å². The van der Waals surface area contributed by atoms with Crippen LogP contribution in [0.1, 0.15) is 89.1 Å². The van der Waals surface area contributed by atoms with Crippen LogP contribution in [-0.4, -0.2) is 37.6 Å². The van der Waals surface area contributed by atoms with E-state index in [9.17, 15) is 18.8 Å². The molecule has 6 aliphatic rings. The molecule has 0 atom stereocenters. The van der Waals surface area contributed by atoms with E-state index in [2.05, 4.69) is 10.3 Å². The van der Waals surface area contributed by atoms with Crippen LogP contribution in [0.15, 0.2) is 21.9 Å². The van der Waals surface area contributed by atoms with Gasteiger partial charge in [-0.1, -0.05) is 0 Å². The summed E-state index contributed by atoms with van der Waals surface area (Å²) >= 11 is 1.87. The van der Waals surface area contributed by atoms with Gasteiger partial charge in [0.1, 0.15) is 11.5 Å². The Labute approximate surface area is 226 Å². The number of carbonyl (C=O) groups is 1. The van der Waals surface area contributed by atoms with Gasteiger partial charge in [-0.2, -0.15) is 11.8 Å². The molecule has 1 N–H and O–H groups in total. The Kier molecular flexibility index (Phi) is 6.21. The molecule has 2 aromatic heterocycles. The summed E-state index contributed by atoms with van der Waals surface area (Å²) in [5.74, 6) is 3.77. The van der Waals surface area contributed by atoms with Gasteiger partial charge in [-0.05, 0) is 112 Å². The lowest BCUT2D eigenvalue weighted by Gasteiger charge is -2.56. The molecule has 3 heterocycles. The SMILES string of the molecule is O=C(NC1CCC(n2c(=O)c3cc(F)cnc3n(C3CCSCC3)c2=O)CC1)C12CC3CC(CC(C3)C1)C2. The molecular formula is C29H37FN4O3S. The molecule has 5 aliphatic carbocycles. The lowest BCUT2D eigenvalue weighted by atomic mass is 9.49. The number of halogens is 1. The molecule has 0 radical (unpaired) electrons. The second kappa shape index (κ2) is 9.49. The molecule has 0 spiro atoms. The van der Waals surface area contributed by atoms with Crippen molar-refractivity contribution in [3.63, 3.8) is 0 Å². The first-order chi connectivity index (χ1) is 18.4. The van der Waals surface area contributed by atoms with E-state index in [1.54, 1.807) is 4.57 Å². The van der Waals surface area contributed by atoms with Crippen LogP contribution in [0.3, 0.4) is 0 Å². The zero-order valence-electron chi connectivity index (χ0n) is 21.9. The van der Waals surface area contributed by atoms with E-state index in [-0.39, 0.29) is 40.5 Å². The molecule has 1 saturated heterocycles. The Bertz CT molecular complexity index is 1340. The lowest BCUT2D eigenvalue weighted by Crippen LogP contribution is -2.55. The van der Waals surface area contributed by atoms with Gasteiger partial charge in [0.25, 0.3) is 5.56 Å². The molecule has 1 amide bonds. The molecule has 9 heteroatoms. The Morgan fingerprint density at radius 3 is 2.16 bits per heavy atom. The molecule has 4 bridgehead atoms. The molecular weight excluding hydrogens is 503 g/mol. The fraction of sp³-hybridized carbons (Fsp3) is 0.724. The highest BCUT2D eigenvalue weighted by Crippen LogP contribution is 2.60. The van der Waals surface area contributed by atoms with Crippen LogP contribution in [0.4, 0.5) is 4.39 Å². The molecule has 8 rings (SSSR count). The third-order valence-corrected chi connectivity index (χ3v) is 11.4. The predicted molar refractivity (Wildman–Crippen MR) is 146 cm³/mol. The van der Waals surface area contributed by atoms with Gasteiger partial charge in [-0.3, -0.25) is 18.7 Å². The van der Waals surface area contributed by atoms with Crippen molar-refractivity contribution in [2.45, 2.75) is 95.2 Å². The first kappa shape index (κ1) is 24.9. The molecule has 2 aromatic rings. The number of fused-ring (bicyclic) bond motifs is 1. The summed E-state index contributed by atoms with van der Waals surface area (Å²) in [6.07, 6.45) is 12.6. The Hall–Kier alpha value is -2.16. The quantitative estimate of drug-likeness (QED) is 0.614. The number of aromatic nitrogens is 3. The number of carbonyl (C=O) groups excluding carboxylic acids is 1. The molecule has 6 fully saturated rings. The van der Waals surface area contributed by atoms with Gasteiger partial charge in [0.15, 0.2) is 0 Å². The van der Waals surface area contributed by atoms with E-state index in [4.69, 9.17) is 0 Å². The summed E-state index contributed by atoms with van der Waals surface area (Å²) in [6.45, 7) is 0. The minimum Gasteiger partial charge on any atom is -0.353 e. The van der Waals surface area contributed by atoms with Crippen LogP contribution in [0.5, 0.6) is 0 Å². The van der Waals surface area contributed by atoms with E-state index in [1.807, 2.05) is 11.8 Å². The van der Waals surface area contributed by atoms with E-state index in [0.29, 0.717) is 18.5 Å². The molecule has 5 saturated carbocycles. The summed E-state index contributed by atoms with van der Waals surface area (Å²) in [5.41, 5.74) is -0.630. The van der Waals surface area contributed by atoms with Crippen molar-refractivity contribution in [2.24, 2.45) is 23.2 Å². The summed E-state index contributed by atoms with van der Waals surface area (Å²) in [6, 6.07) is 1.03. The molecule has 204 valence electrons. The van der Waals surface area contributed by atoms with Gasteiger partial charge < -0.3 is 5.32 Å². The normalized spacial score (nSPS) is 35.0. The standard InChI is InChI=1S/C29H37FN4O3S/c30-20-12-24-25(31-16-20)33(23-5-7-38-8-6-23)28(37)34(26(24)35)22-3-1-21(2-4-22)32-27(36)29-13-17-9-18(14-29)11-19(10-17)15-29/h12,16-19,21-23H,1-11,13-15H2,(H,32,36). The van der Waals surface area contributed by atoms with Crippen LogP contribution in [0.2, 0.25) is 0 Å². The number of hydrogen-bond acceptors (Lipinski definition) is 5. The molecule has 38 heavy (non-hydrogen) atoms. The van der Waals surface area contributed by atoms with Crippen molar-refractivity contribution < 1.29 is 9.18 Å². The maximum atomic E-state index is 14.2. The average molecular weight is 541 g/mol. The van der Waals surface area contributed by atoms with E-state index >= 15 is 0 Å². The minimum absolute atomic E-state index is 0.0352. The average Bonchev–Trinajstić information content (AvgIpc) is 2.90. The fourth-order valence-electron chi connectivity index (χ4n) is 9.00. The van der Waals surface area contributed by atoms with Crippen molar-refractivity contribution >= 4 is 28.7 Å². The highest BCUT2D eigenvalue weighted by molar-refractivity contribution is 7.99. The van der Waals surface area contributed by atoms with E-state index in [0.717, 1.165) is 80.4 Å². The zero-order valence-corrected chi connectivity index (χ0v) is 22.7. The topological polar surface area (TPSA) is 86.0 Å². The zero-order chi connectivity index (χ0) is 26.0. The summed E-state index contributed by atoms with van der Waals surface area (Å²) in [7, 11) is 0. The van der Waals surface area contributed by atoms with Crippen LogP contribution in [0, 0.1) is 29.0 Å². The van der Waals surface area contributed by atoms with Crippen molar-refractivity contribution in [2.75, 3.05) is 11.5 Å². The number of nitrogens with zero attached hydrogens (tertiary/aromatic N) is 3. The number of thioether (sulfide) groups is 1. The minimum atomic E-state index is -0.568.